The van der Waals surface area contributed by atoms with Crippen LogP contribution in [0.5, 0.6) is 0 Å². The van der Waals surface area contributed by atoms with E-state index in [9.17, 15) is 14.9 Å². The molecular formula is C18H16N6O3S. The van der Waals surface area contributed by atoms with E-state index >= 15 is 0 Å². The van der Waals surface area contributed by atoms with Gasteiger partial charge in [-0.1, -0.05) is 23.9 Å². The van der Waals surface area contributed by atoms with Gasteiger partial charge in [0.05, 0.1) is 11.1 Å². The number of carbonyl (C=O) groups excluding carboxylic acids is 1. The van der Waals surface area contributed by atoms with Crippen molar-refractivity contribution >= 4 is 29.6 Å². The van der Waals surface area contributed by atoms with E-state index in [1.165, 1.54) is 18.3 Å². The van der Waals surface area contributed by atoms with Crippen LogP contribution in [-0.2, 0) is 12.8 Å². The number of nitrogens with zero attached hydrogens (tertiary/aromatic N) is 5. The first-order valence-electron chi connectivity index (χ1n) is 8.16. The Labute approximate surface area is 164 Å². The topological polar surface area (TPSA) is 115 Å². The van der Waals surface area contributed by atoms with Crippen LogP contribution in [0.15, 0.2) is 65.1 Å². The SMILES string of the molecule is Cn1cnnc1SCc1ccc(C(=O)NN=Cc2ccc([N+](=O)[O-])cc2)cc1. The molecule has 3 aromatic rings. The van der Waals surface area contributed by atoms with Gasteiger partial charge < -0.3 is 4.57 Å². The lowest BCUT2D eigenvalue weighted by molar-refractivity contribution is -0.384. The van der Waals surface area contributed by atoms with Gasteiger partial charge in [0.1, 0.15) is 6.33 Å². The molecule has 9 nitrogen and oxygen atoms in total. The van der Waals surface area contributed by atoms with E-state index in [1.54, 1.807) is 42.4 Å². The average molecular weight is 396 g/mol. The Bertz CT molecular complexity index is 999. The number of amides is 1. The van der Waals surface area contributed by atoms with Crippen LogP contribution in [0.1, 0.15) is 21.5 Å². The molecule has 0 aliphatic carbocycles. The first-order chi connectivity index (χ1) is 13.5. The normalized spacial score (nSPS) is 10.9. The van der Waals surface area contributed by atoms with Gasteiger partial charge in [0, 0.05) is 30.5 Å². The first-order valence-corrected chi connectivity index (χ1v) is 9.15. The number of hydrogen-bond donors (Lipinski definition) is 1. The summed E-state index contributed by atoms with van der Waals surface area (Å²) >= 11 is 1.56. The van der Waals surface area contributed by atoms with Crippen LogP contribution in [0, 0.1) is 10.1 Å². The number of thioether (sulfide) groups is 1. The number of rotatable bonds is 7. The summed E-state index contributed by atoms with van der Waals surface area (Å²) in [5.74, 6) is 0.373. The van der Waals surface area contributed by atoms with Crippen molar-refractivity contribution in [2.75, 3.05) is 0 Å². The summed E-state index contributed by atoms with van der Waals surface area (Å²) in [6, 6.07) is 13.1. The fourth-order valence-electron chi connectivity index (χ4n) is 2.22. The van der Waals surface area contributed by atoms with Crippen molar-refractivity contribution in [2.24, 2.45) is 12.1 Å². The summed E-state index contributed by atoms with van der Waals surface area (Å²) in [6.45, 7) is 0. The molecule has 3 rings (SSSR count). The Morgan fingerprint density at radius 3 is 2.57 bits per heavy atom. The van der Waals surface area contributed by atoms with E-state index < -0.39 is 4.92 Å². The summed E-state index contributed by atoms with van der Waals surface area (Å²) in [6.07, 6.45) is 3.07. The number of nitrogens with one attached hydrogen (secondary N) is 1. The number of nitro benzene ring substituents is 1. The van der Waals surface area contributed by atoms with E-state index in [0.717, 1.165) is 10.7 Å². The van der Waals surface area contributed by atoms with Crippen LogP contribution in [0.2, 0.25) is 0 Å². The lowest BCUT2D eigenvalue weighted by Crippen LogP contribution is -2.17. The van der Waals surface area contributed by atoms with Crippen molar-refractivity contribution in [1.29, 1.82) is 0 Å². The highest BCUT2D eigenvalue weighted by Crippen LogP contribution is 2.20. The summed E-state index contributed by atoms with van der Waals surface area (Å²) in [5.41, 5.74) is 4.61. The number of benzene rings is 2. The number of non-ortho nitro benzene ring substituents is 1. The van der Waals surface area contributed by atoms with Crippen molar-refractivity contribution in [3.63, 3.8) is 0 Å². The third-order valence-electron chi connectivity index (χ3n) is 3.74. The Morgan fingerprint density at radius 2 is 1.96 bits per heavy atom. The Morgan fingerprint density at radius 1 is 1.25 bits per heavy atom. The van der Waals surface area contributed by atoms with Gasteiger partial charge >= 0.3 is 0 Å². The molecule has 0 atom stereocenters. The van der Waals surface area contributed by atoms with Crippen molar-refractivity contribution in [3.05, 3.63) is 81.7 Å². The predicted octanol–water partition coefficient (Wildman–Crippen LogP) is 2.78. The van der Waals surface area contributed by atoms with Crippen LogP contribution in [-0.4, -0.2) is 31.8 Å². The highest BCUT2D eigenvalue weighted by atomic mass is 32.2. The van der Waals surface area contributed by atoms with Crippen molar-refractivity contribution in [2.45, 2.75) is 10.9 Å². The zero-order valence-electron chi connectivity index (χ0n) is 14.8. The minimum Gasteiger partial charge on any atom is -0.312 e. The van der Waals surface area contributed by atoms with Gasteiger partial charge in [0.2, 0.25) is 0 Å². The molecule has 0 bridgehead atoms. The molecule has 1 amide bonds. The Hall–Kier alpha value is -3.53. The molecule has 28 heavy (non-hydrogen) atoms. The van der Waals surface area contributed by atoms with E-state index in [1.807, 2.05) is 23.7 Å². The lowest BCUT2D eigenvalue weighted by Gasteiger charge is -2.03. The predicted molar refractivity (Wildman–Crippen MR) is 105 cm³/mol. The maximum Gasteiger partial charge on any atom is 0.271 e. The van der Waals surface area contributed by atoms with Crippen LogP contribution in [0.25, 0.3) is 0 Å². The Kier molecular flexibility index (Phi) is 6.12. The molecule has 0 radical (unpaired) electrons. The molecule has 0 saturated carbocycles. The third-order valence-corrected chi connectivity index (χ3v) is 4.84. The quantitative estimate of drug-likeness (QED) is 0.284. The molecular weight excluding hydrogens is 380 g/mol. The van der Waals surface area contributed by atoms with E-state index in [-0.39, 0.29) is 11.6 Å². The third kappa shape index (κ3) is 5.01. The van der Waals surface area contributed by atoms with Gasteiger partial charge in [-0.05, 0) is 35.4 Å². The van der Waals surface area contributed by atoms with E-state index in [0.29, 0.717) is 16.9 Å². The fourth-order valence-corrected chi connectivity index (χ4v) is 3.06. The number of nitro groups is 1. The summed E-state index contributed by atoms with van der Waals surface area (Å²) in [4.78, 5) is 22.3. The maximum atomic E-state index is 12.1. The average Bonchev–Trinajstić information content (AvgIpc) is 3.12. The highest BCUT2D eigenvalue weighted by Gasteiger charge is 2.06. The highest BCUT2D eigenvalue weighted by molar-refractivity contribution is 7.98. The number of carbonyl (C=O) groups is 1. The maximum absolute atomic E-state index is 12.1. The second-order valence-electron chi connectivity index (χ2n) is 5.76. The minimum absolute atomic E-state index is 0.00128. The van der Waals surface area contributed by atoms with Crippen LogP contribution >= 0.6 is 11.8 Å². The van der Waals surface area contributed by atoms with Gasteiger partial charge in [-0.25, -0.2) is 5.43 Å². The minimum atomic E-state index is -0.474. The number of hydrazone groups is 1. The molecule has 1 heterocycles. The van der Waals surface area contributed by atoms with Gasteiger partial charge in [0.25, 0.3) is 11.6 Å². The number of aryl methyl sites for hydroxylation is 1. The number of hydrogen-bond acceptors (Lipinski definition) is 7. The molecule has 0 unspecified atom stereocenters. The van der Waals surface area contributed by atoms with Gasteiger partial charge in [-0.15, -0.1) is 10.2 Å². The standard InChI is InChI=1S/C18H16N6O3S/c1-23-12-20-22-18(23)28-11-14-2-6-15(7-3-14)17(25)21-19-10-13-4-8-16(9-5-13)24(26)27/h2-10,12H,11H2,1H3,(H,21,25). The molecule has 0 saturated heterocycles. The van der Waals surface area contributed by atoms with Gasteiger partial charge in [0.15, 0.2) is 5.16 Å². The summed E-state index contributed by atoms with van der Waals surface area (Å²) < 4.78 is 1.84. The molecule has 0 aliphatic rings. The van der Waals surface area contributed by atoms with Crippen LogP contribution < -0.4 is 5.43 Å². The van der Waals surface area contributed by atoms with Crippen molar-refractivity contribution < 1.29 is 9.72 Å². The van der Waals surface area contributed by atoms with Gasteiger partial charge in [-0.2, -0.15) is 5.10 Å². The molecule has 142 valence electrons. The fraction of sp³-hybridized carbons (Fsp3) is 0.111. The van der Waals surface area contributed by atoms with Crippen LogP contribution in [0.4, 0.5) is 5.69 Å². The largest absolute Gasteiger partial charge is 0.312 e. The van der Waals surface area contributed by atoms with E-state index in [4.69, 9.17) is 0 Å². The number of aromatic nitrogens is 3. The monoisotopic (exact) mass is 396 g/mol. The van der Waals surface area contributed by atoms with Crippen molar-refractivity contribution in [3.8, 4) is 0 Å². The van der Waals surface area contributed by atoms with Gasteiger partial charge in [-0.3, -0.25) is 14.9 Å². The van der Waals surface area contributed by atoms with E-state index in [2.05, 4.69) is 20.7 Å². The molecule has 1 N–H and O–H groups in total. The molecule has 0 spiro atoms. The second-order valence-corrected chi connectivity index (χ2v) is 6.70. The van der Waals surface area contributed by atoms with Crippen LogP contribution in [0.3, 0.4) is 0 Å². The molecule has 1 aromatic heterocycles. The summed E-state index contributed by atoms with van der Waals surface area (Å²) in [5, 5.41) is 23.2. The first kappa shape index (κ1) is 19.2. The molecule has 0 fully saturated rings. The Balaban J connectivity index is 1.52. The summed E-state index contributed by atoms with van der Waals surface area (Å²) in [7, 11) is 1.88. The van der Waals surface area contributed by atoms with Crippen molar-refractivity contribution in [1.82, 2.24) is 20.2 Å². The molecule has 2 aromatic carbocycles. The molecule has 0 aliphatic heterocycles. The zero-order valence-corrected chi connectivity index (χ0v) is 15.7. The lowest BCUT2D eigenvalue weighted by atomic mass is 10.1. The molecule has 10 heteroatoms. The smallest absolute Gasteiger partial charge is 0.271 e. The second kappa shape index (κ2) is 8.91. The zero-order chi connectivity index (χ0) is 19.9.